The van der Waals surface area contributed by atoms with E-state index in [1.807, 2.05) is 74.5 Å². The van der Waals surface area contributed by atoms with Crippen molar-refractivity contribution in [2.45, 2.75) is 109 Å². The number of nitrogens with zero attached hydrogens (tertiary/aromatic N) is 2. The fourth-order valence-corrected chi connectivity index (χ4v) is 9.15. The van der Waals surface area contributed by atoms with Crippen molar-refractivity contribution >= 4 is 23.7 Å². The van der Waals surface area contributed by atoms with Crippen LogP contribution >= 0.6 is 0 Å². The van der Waals surface area contributed by atoms with Gasteiger partial charge in [-0.3, -0.25) is 19.2 Å². The first-order valence-corrected chi connectivity index (χ1v) is 18.9. The third-order valence-electron chi connectivity index (χ3n) is 10.9. The highest BCUT2D eigenvalue weighted by atomic mass is 16.5. The molecule has 2 aromatic carbocycles. The van der Waals surface area contributed by atoms with E-state index in [2.05, 4.69) is 39.2 Å². The Labute approximate surface area is 314 Å². The van der Waals surface area contributed by atoms with Gasteiger partial charge in [0.05, 0.1) is 36.6 Å². The summed E-state index contributed by atoms with van der Waals surface area (Å²) in [5.74, 6) is -3.32. The third kappa shape index (κ3) is 8.44. The number of amides is 3. The number of ether oxygens (including phenoxy) is 2. The molecule has 3 fully saturated rings. The Kier molecular flexibility index (Phi) is 12.3. The smallest absolute Gasteiger partial charge is 0.306 e. The maximum Gasteiger partial charge on any atom is 0.306 e. The van der Waals surface area contributed by atoms with Gasteiger partial charge in [0.25, 0.3) is 0 Å². The molecular weight excluding hydrogens is 670 g/mol. The molecule has 10 heteroatoms. The highest BCUT2D eigenvalue weighted by Crippen LogP contribution is 2.59. The highest BCUT2D eigenvalue weighted by molar-refractivity contribution is 5.99. The second kappa shape index (κ2) is 16.4. The van der Waals surface area contributed by atoms with Gasteiger partial charge in [-0.05, 0) is 62.5 Å². The van der Waals surface area contributed by atoms with E-state index in [9.17, 15) is 14.7 Å². The summed E-state index contributed by atoms with van der Waals surface area (Å²) in [6.45, 7) is 17.8. The third-order valence-corrected chi connectivity index (χ3v) is 10.9. The van der Waals surface area contributed by atoms with Crippen LogP contribution in [0.3, 0.4) is 0 Å². The molecule has 286 valence electrons. The first kappa shape index (κ1) is 39.9. The van der Waals surface area contributed by atoms with Crippen LogP contribution in [0.4, 0.5) is 0 Å². The van der Waals surface area contributed by atoms with E-state index in [0.717, 1.165) is 11.1 Å². The fraction of sp³-hybridized carbons (Fsp3) is 0.535. The molecule has 0 aliphatic carbocycles. The van der Waals surface area contributed by atoms with Crippen molar-refractivity contribution in [1.82, 2.24) is 15.1 Å². The number of nitrogens with one attached hydrogen (secondary N) is 1. The predicted octanol–water partition coefficient (Wildman–Crippen LogP) is 5.56. The molecular formula is C43H57N3O7. The molecule has 3 heterocycles. The molecule has 3 aliphatic heterocycles. The number of fused-ring (bicyclic) bond motifs is 1. The summed E-state index contributed by atoms with van der Waals surface area (Å²) in [5.41, 5.74) is -0.365. The number of hydrogen-bond donors (Lipinski definition) is 2. The van der Waals surface area contributed by atoms with E-state index in [1.165, 1.54) is 0 Å². The van der Waals surface area contributed by atoms with Gasteiger partial charge in [-0.2, -0.15) is 0 Å². The van der Waals surface area contributed by atoms with E-state index in [0.29, 0.717) is 32.1 Å². The first-order chi connectivity index (χ1) is 25.2. The van der Waals surface area contributed by atoms with Crippen molar-refractivity contribution in [3.63, 3.8) is 0 Å². The molecule has 10 nitrogen and oxygen atoms in total. The molecule has 0 saturated carbocycles. The number of hydrogen-bond acceptors (Lipinski definition) is 7. The second-order valence-electron chi connectivity index (χ2n) is 16.6. The zero-order valence-electron chi connectivity index (χ0n) is 32.0. The molecule has 53 heavy (non-hydrogen) atoms. The Morgan fingerprint density at radius 2 is 1.72 bits per heavy atom. The average molecular weight is 728 g/mol. The van der Waals surface area contributed by atoms with Crippen LogP contribution in [0.2, 0.25) is 0 Å². The fourth-order valence-electron chi connectivity index (χ4n) is 9.15. The minimum atomic E-state index is -1.28. The number of allylic oxidation sites excluding steroid dienone is 1. The maximum absolute atomic E-state index is 15.3. The zero-order chi connectivity index (χ0) is 38.6. The Bertz CT molecular complexity index is 1640. The van der Waals surface area contributed by atoms with Gasteiger partial charge in [-0.15, -0.1) is 13.2 Å². The number of aliphatic hydroxyl groups is 1. The van der Waals surface area contributed by atoms with Crippen LogP contribution < -0.4 is 5.32 Å². The number of rotatable bonds is 17. The number of aliphatic hydroxyl groups excluding tert-OH is 1. The molecule has 0 unspecified atom stereocenters. The minimum absolute atomic E-state index is 0.0933. The van der Waals surface area contributed by atoms with Crippen molar-refractivity contribution < 1.29 is 33.8 Å². The molecule has 5 rings (SSSR count). The highest BCUT2D eigenvalue weighted by Gasteiger charge is 2.75. The molecule has 2 bridgehead atoms. The van der Waals surface area contributed by atoms with Crippen LogP contribution in [-0.4, -0.2) is 87.7 Å². The summed E-state index contributed by atoms with van der Waals surface area (Å²) in [4.78, 5) is 60.6. The van der Waals surface area contributed by atoms with Crippen LogP contribution in [0.15, 0.2) is 86.0 Å². The van der Waals surface area contributed by atoms with Crippen molar-refractivity contribution in [2.24, 2.45) is 17.3 Å². The van der Waals surface area contributed by atoms with Gasteiger partial charge in [-0.25, -0.2) is 0 Å². The summed E-state index contributed by atoms with van der Waals surface area (Å²) in [6.07, 6.45) is 5.29. The summed E-state index contributed by atoms with van der Waals surface area (Å²) in [6, 6.07) is 16.3. The number of carbonyl (C=O) groups is 4. The number of likely N-dealkylation sites (tertiary alicyclic amines) is 1. The van der Waals surface area contributed by atoms with Gasteiger partial charge in [0.2, 0.25) is 17.7 Å². The Morgan fingerprint density at radius 1 is 1.06 bits per heavy atom. The lowest BCUT2D eigenvalue weighted by atomic mass is 9.70. The van der Waals surface area contributed by atoms with Crippen LogP contribution in [0, 0.1) is 17.3 Å². The van der Waals surface area contributed by atoms with Gasteiger partial charge in [0.15, 0.2) is 0 Å². The molecule has 7 atom stereocenters. The second-order valence-corrected chi connectivity index (χ2v) is 16.6. The normalized spacial score (nSPS) is 24.6. The molecule has 0 aromatic heterocycles. The lowest BCUT2D eigenvalue weighted by Crippen LogP contribution is -2.62. The van der Waals surface area contributed by atoms with Gasteiger partial charge in [-0.1, -0.05) is 93.6 Å². The Balaban J connectivity index is 1.53. The maximum atomic E-state index is 15.3. The van der Waals surface area contributed by atoms with E-state index in [-0.39, 0.29) is 43.4 Å². The largest absolute Gasteiger partial charge is 0.463 e. The van der Waals surface area contributed by atoms with Gasteiger partial charge >= 0.3 is 5.97 Å². The lowest BCUT2D eigenvalue weighted by Gasteiger charge is -2.46. The predicted molar refractivity (Wildman–Crippen MR) is 203 cm³/mol. The average Bonchev–Trinajstić information content (AvgIpc) is 3.77. The van der Waals surface area contributed by atoms with Gasteiger partial charge in [0.1, 0.15) is 18.2 Å². The molecule has 1 spiro atoms. The van der Waals surface area contributed by atoms with Crippen molar-refractivity contribution in [2.75, 3.05) is 19.8 Å². The molecule has 3 saturated heterocycles. The van der Waals surface area contributed by atoms with Crippen LogP contribution in [0.25, 0.3) is 0 Å². The van der Waals surface area contributed by atoms with Crippen LogP contribution in [0.5, 0.6) is 0 Å². The first-order valence-electron chi connectivity index (χ1n) is 18.9. The van der Waals surface area contributed by atoms with E-state index >= 15 is 9.59 Å². The van der Waals surface area contributed by atoms with E-state index in [1.54, 1.807) is 22.0 Å². The standard InChI is InChI=1S/C43H57N3O7/c1-8-10-21-34(48)52-27-32(30-19-15-12-16-20-30)44-38(49)35-33-22-23-43(53-33)36(35)39(50)46(31(26-47)25-29-17-13-11-14-18-29)37(43)40(51)45(24-9-2)42(6,7)28-41(3,4)5/h8-9,11-20,31-33,35-37,47H,1-2,10,21-28H2,3-7H3,(H,44,49)/t31-,32+,33+,35-,36-,37+,43-/m1/s1. The van der Waals surface area contributed by atoms with Crippen molar-refractivity contribution in [3.05, 3.63) is 97.1 Å². The van der Waals surface area contributed by atoms with Crippen molar-refractivity contribution in [3.8, 4) is 0 Å². The SMILES string of the molecule is C=CCCC(=O)OC[C@H](NC(=O)[C@@H]1[C@@H]2CC[C@]3(O2)[C@H](C(=O)N(CC=C)C(C)(C)CC(C)(C)C)N([C@@H](CO)Cc2ccccc2)C(=O)[C@@H]13)c1ccccc1. The Hall–Kier alpha value is -4.28. The molecule has 2 N–H and O–H groups in total. The van der Waals surface area contributed by atoms with Gasteiger partial charge < -0.3 is 29.7 Å². The summed E-state index contributed by atoms with van der Waals surface area (Å²) in [7, 11) is 0. The Morgan fingerprint density at radius 3 is 2.32 bits per heavy atom. The van der Waals surface area contributed by atoms with Crippen molar-refractivity contribution in [1.29, 1.82) is 0 Å². The summed E-state index contributed by atoms with van der Waals surface area (Å²) in [5, 5.41) is 14.0. The topological polar surface area (TPSA) is 125 Å². The number of carbonyl (C=O) groups excluding carboxylic acids is 4. The molecule has 2 aromatic rings. The zero-order valence-corrected chi connectivity index (χ0v) is 32.0. The monoisotopic (exact) mass is 727 g/mol. The summed E-state index contributed by atoms with van der Waals surface area (Å²) < 4.78 is 12.4. The van der Waals surface area contributed by atoms with E-state index in [4.69, 9.17) is 9.47 Å². The number of esters is 1. The number of benzene rings is 2. The molecule has 0 radical (unpaired) electrons. The molecule has 3 amide bonds. The summed E-state index contributed by atoms with van der Waals surface area (Å²) >= 11 is 0. The lowest BCUT2D eigenvalue weighted by molar-refractivity contribution is -0.155. The van der Waals surface area contributed by atoms with Crippen LogP contribution in [0.1, 0.15) is 83.9 Å². The van der Waals surface area contributed by atoms with Gasteiger partial charge in [0, 0.05) is 18.5 Å². The van der Waals surface area contributed by atoms with E-state index < -0.39 is 59.1 Å². The van der Waals surface area contributed by atoms with Crippen LogP contribution in [-0.2, 0) is 35.1 Å². The minimum Gasteiger partial charge on any atom is -0.463 e. The quantitative estimate of drug-likeness (QED) is 0.162. The molecule has 3 aliphatic rings.